The number of nitrogens with zero attached hydrogens (tertiary/aromatic N) is 2. The average molecular weight is 350 g/mol. The molecule has 0 saturated carbocycles. The summed E-state index contributed by atoms with van der Waals surface area (Å²) in [6.45, 7) is 4.73. The number of ether oxygens (including phenoxy) is 1. The number of carbonyl (C=O) groups is 2. The van der Waals surface area contributed by atoms with Crippen LogP contribution in [0, 0.1) is 0 Å². The molecule has 1 N–H and O–H groups in total. The molecule has 0 aromatic carbocycles. The second kappa shape index (κ2) is 6.64. The number of fused-ring (bicyclic) bond motifs is 1. The van der Waals surface area contributed by atoms with E-state index in [-0.39, 0.29) is 5.65 Å². The number of carboxylic acids is 1. The quantitative estimate of drug-likeness (QED) is 0.666. The first-order valence-electron chi connectivity index (χ1n) is 7.16. The topological polar surface area (TPSA) is 98.5 Å². The van der Waals surface area contributed by atoms with E-state index < -0.39 is 35.2 Å². The van der Waals surface area contributed by atoms with Crippen LogP contribution in [0.15, 0.2) is 28.0 Å². The van der Waals surface area contributed by atoms with Crippen molar-refractivity contribution in [3.8, 4) is 0 Å². The van der Waals surface area contributed by atoms with Gasteiger partial charge in [0.25, 0.3) is 5.56 Å². The van der Waals surface area contributed by atoms with Gasteiger partial charge in [-0.2, -0.15) is 0 Å². The molecule has 8 heteroatoms. The summed E-state index contributed by atoms with van der Waals surface area (Å²) in [5.74, 6) is -1.99. The second-order valence-electron chi connectivity index (χ2n) is 6.11. The minimum atomic E-state index is -1.35. The zero-order valence-electron chi connectivity index (χ0n) is 13.8. The maximum absolute atomic E-state index is 12.5. The molecule has 0 spiro atoms. The monoisotopic (exact) mass is 350 g/mol. The molecule has 0 aliphatic heterocycles. The summed E-state index contributed by atoms with van der Waals surface area (Å²) in [6, 6.07) is 4.66. The van der Waals surface area contributed by atoms with Gasteiger partial charge in [0.15, 0.2) is 0 Å². The maximum atomic E-state index is 12.5. The zero-order valence-corrected chi connectivity index (χ0v) is 14.6. The van der Waals surface area contributed by atoms with E-state index in [1.165, 1.54) is 17.8 Å². The van der Waals surface area contributed by atoms with E-state index in [4.69, 9.17) is 4.74 Å². The van der Waals surface area contributed by atoms with Crippen molar-refractivity contribution in [3.05, 3.63) is 34.1 Å². The van der Waals surface area contributed by atoms with Crippen molar-refractivity contribution in [1.82, 2.24) is 9.55 Å². The molecular formula is C16H18N2O5S. The summed E-state index contributed by atoms with van der Waals surface area (Å²) in [5, 5.41) is 10.3. The van der Waals surface area contributed by atoms with Gasteiger partial charge in [-0.05, 0) is 45.2 Å². The molecule has 0 fully saturated rings. The fraction of sp³-hybridized carbons (Fsp3) is 0.375. The number of aromatic carboxylic acids is 1. The summed E-state index contributed by atoms with van der Waals surface area (Å²) >= 11 is 1.38. The summed E-state index contributed by atoms with van der Waals surface area (Å²) < 4.78 is 6.27. The van der Waals surface area contributed by atoms with Crippen molar-refractivity contribution in [1.29, 1.82) is 0 Å². The second-order valence-corrected chi connectivity index (χ2v) is 6.93. The molecule has 0 unspecified atom stereocenters. The minimum Gasteiger partial charge on any atom is -0.477 e. The predicted molar refractivity (Wildman–Crippen MR) is 90.6 cm³/mol. The fourth-order valence-electron chi connectivity index (χ4n) is 2.15. The molecule has 0 aliphatic carbocycles. The van der Waals surface area contributed by atoms with Crippen LogP contribution in [0.25, 0.3) is 11.0 Å². The number of carboxylic acid groups (broad SMARTS) is 1. The Morgan fingerprint density at radius 2 is 2.00 bits per heavy atom. The van der Waals surface area contributed by atoms with E-state index in [1.54, 1.807) is 32.9 Å². The van der Waals surface area contributed by atoms with Gasteiger partial charge in [0, 0.05) is 5.39 Å². The smallest absolute Gasteiger partial charge is 0.341 e. The molecule has 0 atom stereocenters. The van der Waals surface area contributed by atoms with Crippen molar-refractivity contribution in [2.75, 3.05) is 6.26 Å². The number of aromatic nitrogens is 2. The van der Waals surface area contributed by atoms with Crippen LogP contribution in [0.5, 0.6) is 0 Å². The van der Waals surface area contributed by atoms with Crippen LogP contribution in [0.3, 0.4) is 0 Å². The summed E-state index contributed by atoms with van der Waals surface area (Å²) in [5.41, 5.74) is -1.65. The summed E-state index contributed by atoms with van der Waals surface area (Å²) in [4.78, 5) is 40.2. The molecule has 0 bridgehead atoms. The van der Waals surface area contributed by atoms with E-state index in [1.807, 2.05) is 6.26 Å². The first-order chi connectivity index (χ1) is 11.1. The van der Waals surface area contributed by atoms with Crippen LogP contribution in [-0.4, -0.2) is 38.5 Å². The van der Waals surface area contributed by atoms with E-state index in [0.29, 0.717) is 10.4 Å². The Labute approximate surface area is 142 Å². The Morgan fingerprint density at radius 3 is 2.54 bits per heavy atom. The van der Waals surface area contributed by atoms with Crippen molar-refractivity contribution in [2.45, 2.75) is 37.9 Å². The molecule has 2 heterocycles. The minimum absolute atomic E-state index is 0.253. The van der Waals surface area contributed by atoms with Gasteiger partial charge in [-0.3, -0.25) is 14.2 Å². The van der Waals surface area contributed by atoms with Crippen LogP contribution in [0.4, 0.5) is 0 Å². The van der Waals surface area contributed by atoms with Crippen LogP contribution >= 0.6 is 11.8 Å². The van der Waals surface area contributed by atoms with Crippen LogP contribution in [0.1, 0.15) is 31.1 Å². The van der Waals surface area contributed by atoms with Crippen molar-refractivity contribution in [2.24, 2.45) is 0 Å². The van der Waals surface area contributed by atoms with E-state index >= 15 is 0 Å². The molecule has 2 aromatic rings. The lowest BCUT2D eigenvalue weighted by Gasteiger charge is -2.20. The number of rotatable bonds is 4. The van der Waals surface area contributed by atoms with Gasteiger partial charge in [-0.1, -0.05) is 0 Å². The Bertz CT molecular complexity index is 867. The van der Waals surface area contributed by atoms with E-state index in [9.17, 15) is 19.5 Å². The van der Waals surface area contributed by atoms with Crippen molar-refractivity contribution >= 4 is 34.7 Å². The lowest BCUT2D eigenvalue weighted by Crippen LogP contribution is -2.33. The van der Waals surface area contributed by atoms with Gasteiger partial charge in [-0.25, -0.2) is 9.78 Å². The fourth-order valence-corrected chi connectivity index (χ4v) is 2.53. The van der Waals surface area contributed by atoms with Crippen LogP contribution in [0.2, 0.25) is 0 Å². The SMILES string of the molecule is CSc1ccc2cc(C(=O)O)c(=O)n(CC(=O)OC(C)(C)C)c2n1. The molecule has 24 heavy (non-hydrogen) atoms. The molecular weight excluding hydrogens is 332 g/mol. The normalized spacial score (nSPS) is 11.5. The first kappa shape index (κ1) is 18.0. The van der Waals surface area contributed by atoms with Gasteiger partial charge >= 0.3 is 11.9 Å². The number of hydrogen-bond donors (Lipinski definition) is 1. The highest BCUT2D eigenvalue weighted by molar-refractivity contribution is 7.98. The maximum Gasteiger partial charge on any atom is 0.341 e. The Kier molecular flexibility index (Phi) is 4.98. The van der Waals surface area contributed by atoms with Gasteiger partial charge in [0.1, 0.15) is 23.4 Å². The highest BCUT2D eigenvalue weighted by atomic mass is 32.2. The molecule has 7 nitrogen and oxygen atoms in total. The van der Waals surface area contributed by atoms with Gasteiger partial charge in [-0.15, -0.1) is 11.8 Å². The van der Waals surface area contributed by atoms with Gasteiger partial charge in [0.2, 0.25) is 0 Å². The Hall–Kier alpha value is -2.35. The van der Waals surface area contributed by atoms with E-state index in [2.05, 4.69) is 4.98 Å². The summed E-state index contributed by atoms with van der Waals surface area (Å²) in [7, 11) is 0. The predicted octanol–water partition coefficient (Wildman–Crippen LogP) is 2.16. The third-order valence-electron chi connectivity index (χ3n) is 3.06. The lowest BCUT2D eigenvalue weighted by molar-refractivity contribution is -0.155. The highest BCUT2D eigenvalue weighted by Crippen LogP contribution is 2.18. The van der Waals surface area contributed by atoms with E-state index in [0.717, 1.165) is 4.57 Å². The third-order valence-corrected chi connectivity index (χ3v) is 3.70. The molecule has 0 amide bonds. The number of esters is 1. The molecule has 0 aliphatic rings. The molecule has 0 saturated heterocycles. The van der Waals surface area contributed by atoms with Crippen molar-refractivity contribution < 1.29 is 19.4 Å². The molecule has 2 aromatic heterocycles. The molecule has 0 radical (unpaired) electrons. The standard InChI is InChI=1S/C16H18N2O5S/c1-16(2,3)23-12(19)8-18-13-9(5-6-11(17-13)24-4)7-10(14(18)20)15(21)22/h5-7H,8H2,1-4H3,(H,21,22). The highest BCUT2D eigenvalue weighted by Gasteiger charge is 2.21. The van der Waals surface area contributed by atoms with Crippen LogP contribution in [-0.2, 0) is 16.1 Å². The summed E-state index contributed by atoms with van der Waals surface area (Å²) in [6.07, 6.45) is 1.83. The average Bonchev–Trinajstić information content (AvgIpc) is 2.47. The Morgan fingerprint density at radius 1 is 1.33 bits per heavy atom. The largest absolute Gasteiger partial charge is 0.477 e. The number of thioether (sulfide) groups is 1. The van der Waals surface area contributed by atoms with Gasteiger partial charge in [0.05, 0.1) is 5.03 Å². The van der Waals surface area contributed by atoms with Gasteiger partial charge < -0.3 is 9.84 Å². The third kappa shape index (κ3) is 3.94. The van der Waals surface area contributed by atoms with Crippen molar-refractivity contribution in [3.63, 3.8) is 0 Å². The number of hydrogen-bond acceptors (Lipinski definition) is 6. The number of carbonyl (C=O) groups excluding carboxylic acids is 1. The van der Waals surface area contributed by atoms with Crippen LogP contribution < -0.4 is 5.56 Å². The number of pyridine rings is 2. The lowest BCUT2D eigenvalue weighted by atomic mass is 10.2. The molecule has 2 rings (SSSR count). The Balaban J connectivity index is 2.63. The zero-order chi connectivity index (χ0) is 18.1. The first-order valence-corrected chi connectivity index (χ1v) is 8.38. The molecule has 128 valence electrons.